The number of ether oxygens (including phenoxy) is 1. The SMILES string of the molecule is Cc1nn(C)c(Cl)c1CN1CCOCC1c1c(C)nn(C)c1C. The number of aryl methyl sites for hydroxylation is 4. The van der Waals surface area contributed by atoms with Gasteiger partial charge in [0.05, 0.1) is 30.6 Å². The third-order valence-electron chi connectivity index (χ3n) is 4.77. The number of hydrogen-bond acceptors (Lipinski definition) is 4. The molecular weight excluding hydrogens is 314 g/mol. The van der Waals surface area contributed by atoms with Crippen LogP contribution in [-0.2, 0) is 25.4 Å². The van der Waals surface area contributed by atoms with Crippen LogP contribution in [0.3, 0.4) is 0 Å². The molecular formula is C16H24ClN5O. The molecule has 2 aromatic rings. The first-order valence-corrected chi connectivity index (χ1v) is 8.27. The van der Waals surface area contributed by atoms with E-state index in [4.69, 9.17) is 16.3 Å². The molecule has 1 fully saturated rings. The minimum absolute atomic E-state index is 0.202. The van der Waals surface area contributed by atoms with E-state index < -0.39 is 0 Å². The highest BCUT2D eigenvalue weighted by Crippen LogP contribution is 2.32. The van der Waals surface area contributed by atoms with E-state index in [9.17, 15) is 0 Å². The predicted octanol–water partition coefficient (Wildman–Crippen LogP) is 2.31. The first kappa shape index (κ1) is 16.5. The van der Waals surface area contributed by atoms with Crippen molar-refractivity contribution in [2.24, 2.45) is 14.1 Å². The van der Waals surface area contributed by atoms with Gasteiger partial charge >= 0.3 is 0 Å². The Balaban J connectivity index is 1.93. The van der Waals surface area contributed by atoms with Crippen molar-refractivity contribution >= 4 is 11.6 Å². The second-order valence-electron chi connectivity index (χ2n) is 6.25. The quantitative estimate of drug-likeness (QED) is 0.862. The molecule has 0 saturated carbocycles. The Morgan fingerprint density at radius 1 is 1.13 bits per heavy atom. The Morgan fingerprint density at radius 3 is 2.39 bits per heavy atom. The zero-order valence-electron chi connectivity index (χ0n) is 14.4. The lowest BCUT2D eigenvalue weighted by atomic mass is 10.0. The standard InChI is InChI=1S/C16H24ClN5O/c1-10-13(16(17)21(5)18-10)8-22-6-7-23-9-14(22)15-11(2)19-20(4)12(15)3/h14H,6-9H2,1-5H3. The van der Waals surface area contributed by atoms with Crippen LogP contribution in [0.4, 0.5) is 0 Å². The summed E-state index contributed by atoms with van der Waals surface area (Å²) in [7, 11) is 3.87. The molecule has 0 aromatic carbocycles. The molecule has 3 heterocycles. The maximum absolute atomic E-state index is 6.42. The van der Waals surface area contributed by atoms with E-state index in [0.717, 1.165) is 36.6 Å². The topological polar surface area (TPSA) is 48.1 Å². The minimum Gasteiger partial charge on any atom is -0.378 e. The molecule has 1 unspecified atom stereocenters. The number of morpholine rings is 1. The highest BCUT2D eigenvalue weighted by molar-refractivity contribution is 6.30. The fourth-order valence-corrected chi connectivity index (χ4v) is 3.66. The number of hydrogen-bond donors (Lipinski definition) is 0. The molecule has 1 aliphatic heterocycles. The summed E-state index contributed by atoms with van der Waals surface area (Å²) in [5.41, 5.74) is 5.61. The molecule has 1 saturated heterocycles. The van der Waals surface area contributed by atoms with E-state index >= 15 is 0 Å². The van der Waals surface area contributed by atoms with Crippen molar-refractivity contribution in [1.29, 1.82) is 0 Å². The Hall–Kier alpha value is -1.37. The molecule has 6 nitrogen and oxygen atoms in total. The fourth-order valence-electron chi connectivity index (χ4n) is 3.42. The second-order valence-corrected chi connectivity index (χ2v) is 6.61. The van der Waals surface area contributed by atoms with Crippen molar-refractivity contribution in [1.82, 2.24) is 24.5 Å². The van der Waals surface area contributed by atoms with Crippen molar-refractivity contribution in [3.05, 3.63) is 33.4 Å². The van der Waals surface area contributed by atoms with Gasteiger partial charge in [0.1, 0.15) is 5.15 Å². The summed E-state index contributed by atoms with van der Waals surface area (Å²) in [6.45, 7) is 9.28. The van der Waals surface area contributed by atoms with E-state index in [1.807, 2.05) is 25.7 Å². The van der Waals surface area contributed by atoms with Gasteiger partial charge in [-0.1, -0.05) is 11.6 Å². The average molecular weight is 338 g/mol. The van der Waals surface area contributed by atoms with Crippen LogP contribution < -0.4 is 0 Å². The van der Waals surface area contributed by atoms with Gasteiger partial charge in [0.15, 0.2) is 0 Å². The average Bonchev–Trinajstić information content (AvgIpc) is 2.90. The van der Waals surface area contributed by atoms with Crippen LogP contribution >= 0.6 is 11.6 Å². The van der Waals surface area contributed by atoms with Crippen molar-refractivity contribution in [3.8, 4) is 0 Å². The summed E-state index contributed by atoms with van der Waals surface area (Å²) in [5.74, 6) is 0. The molecule has 0 spiro atoms. The normalized spacial score (nSPS) is 19.5. The Kier molecular flexibility index (Phi) is 4.49. The van der Waals surface area contributed by atoms with Crippen LogP contribution in [0.15, 0.2) is 0 Å². The molecule has 23 heavy (non-hydrogen) atoms. The summed E-state index contributed by atoms with van der Waals surface area (Å²) in [5, 5.41) is 9.70. The molecule has 1 aliphatic rings. The van der Waals surface area contributed by atoms with Crippen molar-refractivity contribution in [3.63, 3.8) is 0 Å². The third kappa shape index (κ3) is 2.91. The summed E-state index contributed by atoms with van der Waals surface area (Å²) in [4.78, 5) is 2.43. The third-order valence-corrected chi connectivity index (χ3v) is 5.24. The minimum atomic E-state index is 0.202. The molecule has 0 bridgehead atoms. The summed E-state index contributed by atoms with van der Waals surface area (Å²) in [6.07, 6.45) is 0. The van der Waals surface area contributed by atoms with E-state index in [2.05, 4.69) is 28.9 Å². The molecule has 0 N–H and O–H groups in total. The van der Waals surface area contributed by atoms with Gasteiger partial charge in [0.25, 0.3) is 0 Å². The summed E-state index contributed by atoms with van der Waals surface area (Å²) >= 11 is 6.42. The zero-order chi connectivity index (χ0) is 16.7. The van der Waals surface area contributed by atoms with Crippen molar-refractivity contribution in [2.75, 3.05) is 19.8 Å². The van der Waals surface area contributed by atoms with Gasteiger partial charge in [-0.3, -0.25) is 14.3 Å². The molecule has 7 heteroatoms. The van der Waals surface area contributed by atoms with Gasteiger partial charge in [-0.2, -0.15) is 10.2 Å². The fraction of sp³-hybridized carbons (Fsp3) is 0.625. The zero-order valence-corrected chi connectivity index (χ0v) is 15.2. The van der Waals surface area contributed by atoms with Crippen LogP contribution in [0.1, 0.15) is 34.3 Å². The van der Waals surface area contributed by atoms with Crippen LogP contribution in [0, 0.1) is 20.8 Å². The highest BCUT2D eigenvalue weighted by Gasteiger charge is 2.30. The predicted molar refractivity (Wildman–Crippen MR) is 89.6 cm³/mol. The molecule has 126 valence electrons. The van der Waals surface area contributed by atoms with Gasteiger partial charge in [0, 0.05) is 44.0 Å². The maximum Gasteiger partial charge on any atom is 0.131 e. The van der Waals surface area contributed by atoms with Gasteiger partial charge in [-0.15, -0.1) is 0 Å². The number of halogens is 1. The van der Waals surface area contributed by atoms with E-state index in [0.29, 0.717) is 11.8 Å². The number of nitrogens with zero attached hydrogens (tertiary/aromatic N) is 5. The van der Waals surface area contributed by atoms with Crippen LogP contribution in [-0.4, -0.2) is 44.2 Å². The van der Waals surface area contributed by atoms with Gasteiger partial charge in [-0.25, -0.2) is 0 Å². The summed E-state index contributed by atoms with van der Waals surface area (Å²) < 4.78 is 9.44. The molecule has 0 amide bonds. The Labute approximate surface area is 142 Å². The van der Waals surface area contributed by atoms with Crippen molar-refractivity contribution in [2.45, 2.75) is 33.4 Å². The monoisotopic (exact) mass is 337 g/mol. The molecule has 0 radical (unpaired) electrons. The van der Waals surface area contributed by atoms with Gasteiger partial charge in [0.2, 0.25) is 0 Å². The number of rotatable bonds is 3. The van der Waals surface area contributed by atoms with E-state index in [1.54, 1.807) is 4.68 Å². The lowest BCUT2D eigenvalue weighted by Crippen LogP contribution is -2.39. The highest BCUT2D eigenvalue weighted by atomic mass is 35.5. The first-order valence-electron chi connectivity index (χ1n) is 7.90. The van der Waals surface area contributed by atoms with Crippen LogP contribution in [0.2, 0.25) is 5.15 Å². The summed E-state index contributed by atoms with van der Waals surface area (Å²) in [6, 6.07) is 0.202. The maximum atomic E-state index is 6.42. The Bertz CT molecular complexity index is 721. The van der Waals surface area contributed by atoms with Gasteiger partial charge < -0.3 is 4.74 Å². The second kappa shape index (κ2) is 6.26. The van der Waals surface area contributed by atoms with E-state index in [-0.39, 0.29) is 6.04 Å². The molecule has 2 aromatic heterocycles. The largest absolute Gasteiger partial charge is 0.378 e. The Morgan fingerprint density at radius 2 is 1.83 bits per heavy atom. The molecule has 1 atom stereocenters. The van der Waals surface area contributed by atoms with Crippen LogP contribution in [0.5, 0.6) is 0 Å². The van der Waals surface area contributed by atoms with E-state index in [1.165, 1.54) is 11.3 Å². The van der Waals surface area contributed by atoms with Crippen molar-refractivity contribution < 1.29 is 4.74 Å². The van der Waals surface area contributed by atoms with Crippen LogP contribution in [0.25, 0.3) is 0 Å². The van der Waals surface area contributed by atoms with Gasteiger partial charge in [-0.05, 0) is 20.8 Å². The lowest BCUT2D eigenvalue weighted by molar-refractivity contribution is -0.0132. The first-order chi connectivity index (χ1) is 10.9. The number of aromatic nitrogens is 4. The molecule has 3 rings (SSSR count). The molecule has 0 aliphatic carbocycles. The lowest BCUT2D eigenvalue weighted by Gasteiger charge is -2.36. The smallest absolute Gasteiger partial charge is 0.131 e.